The van der Waals surface area contributed by atoms with Crippen LogP contribution < -0.4 is 10.9 Å². The minimum absolute atomic E-state index is 0.0951. The summed E-state index contributed by atoms with van der Waals surface area (Å²) in [6.07, 6.45) is 5.55. The van der Waals surface area contributed by atoms with Crippen molar-refractivity contribution in [3.8, 4) is 22.4 Å². The highest BCUT2D eigenvalue weighted by molar-refractivity contribution is 6.01. The van der Waals surface area contributed by atoms with Gasteiger partial charge in [-0.3, -0.25) is 9.59 Å². The fourth-order valence-electron chi connectivity index (χ4n) is 4.84. The molecular formula is C29H33N3O4. The van der Waals surface area contributed by atoms with Gasteiger partial charge in [-0.2, -0.15) is 5.10 Å². The topological polar surface area (TPSA) is 90.3 Å². The maximum absolute atomic E-state index is 13.9. The van der Waals surface area contributed by atoms with Gasteiger partial charge in [-0.25, -0.2) is 9.48 Å². The molecule has 1 amide bonds. The number of rotatable bonds is 8. The lowest BCUT2D eigenvalue weighted by atomic mass is 9.94. The number of benzene rings is 2. The van der Waals surface area contributed by atoms with Gasteiger partial charge in [0.2, 0.25) is 5.91 Å². The highest BCUT2D eigenvalue weighted by Crippen LogP contribution is 2.33. The molecule has 0 bridgehead atoms. The maximum Gasteiger partial charge on any atom is 0.344 e. The summed E-state index contributed by atoms with van der Waals surface area (Å²) < 4.78 is 6.51. The summed E-state index contributed by atoms with van der Waals surface area (Å²) in [6.45, 7) is 3.66. The van der Waals surface area contributed by atoms with Crippen LogP contribution in [-0.2, 0) is 9.53 Å². The number of aromatic nitrogens is 2. The lowest BCUT2D eigenvalue weighted by Gasteiger charge is -2.26. The van der Waals surface area contributed by atoms with Gasteiger partial charge >= 0.3 is 5.97 Å². The first kappa shape index (κ1) is 25.4. The maximum atomic E-state index is 13.9. The van der Waals surface area contributed by atoms with Gasteiger partial charge in [0.15, 0.2) is 0 Å². The fourth-order valence-corrected chi connectivity index (χ4v) is 4.84. The molecule has 1 fully saturated rings. The van der Waals surface area contributed by atoms with Crippen molar-refractivity contribution in [2.75, 3.05) is 6.61 Å². The van der Waals surface area contributed by atoms with Crippen molar-refractivity contribution in [2.45, 2.75) is 64.5 Å². The van der Waals surface area contributed by atoms with E-state index in [1.165, 1.54) is 11.1 Å². The Bertz CT molecular complexity index is 1250. The molecule has 1 N–H and O–H groups in total. The molecule has 1 aromatic heterocycles. The molecule has 0 spiro atoms. The van der Waals surface area contributed by atoms with Crippen LogP contribution >= 0.6 is 0 Å². The average molecular weight is 488 g/mol. The third kappa shape index (κ3) is 5.40. The van der Waals surface area contributed by atoms with E-state index in [-0.39, 0.29) is 24.1 Å². The summed E-state index contributed by atoms with van der Waals surface area (Å²) in [7, 11) is 0. The van der Waals surface area contributed by atoms with Gasteiger partial charge in [0, 0.05) is 17.2 Å². The van der Waals surface area contributed by atoms with Crippen LogP contribution in [-0.4, -0.2) is 34.3 Å². The molecular weight excluding hydrogens is 454 g/mol. The summed E-state index contributed by atoms with van der Waals surface area (Å²) in [6, 6.07) is 17.9. The monoisotopic (exact) mass is 487 g/mol. The number of ether oxygens (including phenoxy) is 1. The van der Waals surface area contributed by atoms with E-state index >= 15 is 0 Å². The molecule has 2 aromatic carbocycles. The Morgan fingerprint density at radius 2 is 1.58 bits per heavy atom. The molecule has 1 aliphatic rings. The first-order chi connectivity index (χ1) is 17.5. The van der Waals surface area contributed by atoms with Gasteiger partial charge in [0.1, 0.15) is 11.6 Å². The van der Waals surface area contributed by atoms with Crippen molar-refractivity contribution in [2.24, 2.45) is 0 Å². The summed E-state index contributed by atoms with van der Waals surface area (Å²) >= 11 is 0. The number of carbonyl (C=O) groups excluding carboxylic acids is 2. The van der Waals surface area contributed by atoms with Crippen LogP contribution in [0, 0.1) is 0 Å². The molecule has 0 radical (unpaired) electrons. The number of nitrogens with zero attached hydrogens (tertiary/aromatic N) is 2. The van der Waals surface area contributed by atoms with Crippen LogP contribution in [0.1, 0.15) is 68.8 Å². The molecule has 0 saturated heterocycles. The molecule has 7 heteroatoms. The Morgan fingerprint density at radius 3 is 2.17 bits per heavy atom. The van der Waals surface area contributed by atoms with Gasteiger partial charge in [-0.15, -0.1) is 0 Å². The van der Waals surface area contributed by atoms with Crippen LogP contribution in [0.3, 0.4) is 0 Å². The Labute approximate surface area is 211 Å². The van der Waals surface area contributed by atoms with E-state index < -0.39 is 17.6 Å². The van der Waals surface area contributed by atoms with Crippen LogP contribution in [0.15, 0.2) is 65.5 Å². The molecule has 1 aliphatic carbocycles. The normalized spacial score (nSPS) is 14.7. The number of amides is 1. The second-order valence-corrected chi connectivity index (χ2v) is 9.07. The van der Waals surface area contributed by atoms with Crippen LogP contribution in [0.5, 0.6) is 0 Å². The van der Waals surface area contributed by atoms with Crippen LogP contribution in [0.2, 0.25) is 0 Å². The number of hydrogen-bond donors (Lipinski definition) is 1. The van der Waals surface area contributed by atoms with Gasteiger partial charge in [-0.1, -0.05) is 86.8 Å². The molecule has 1 heterocycles. The third-order valence-corrected chi connectivity index (χ3v) is 6.64. The zero-order valence-corrected chi connectivity index (χ0v) is 20.9. The molecule has 4 rings (SSSR count). The SMILES string of the molecule is CCOC(=O)c1c(-c2ccccc2)c(-c2ccccc2)nn(C(CC)C(=O)NC2CCCCC2)c1=O. The molecule has 7 nitrogen and oxygen atoms in total. The van der Waals surface area contributed by atoms with Gasteiger partial charge in [-0.05, 0) is 31.7 Å². The van der Waals surface area contributed by atoms with Gasteiger partial charge in [0.05, 0.1) is 12.3 Å². The molecule has 3 aromatic rings. The van der Waals surface area contributed by atoms with E-state index in [4.69, 9.17) is 9.84 Å². The molecule has 1 atom stereocenters. The van der Waals surface area contributed by atoms with Crippen molar-refractivity contribution >= 4 is 11.9 Å². The molecule has 188 valence electrons. The minimum atomic E-state index is -0.847. The Morgan fingerprint density at radius 1 is 0.972 bits per heavy atom. The summed E-state index contributed by atoms with van der Waals surface area (Å²) in [5, 5.41) is 7.86. The zero-order chi connectivity index (χ0) is 25.5. The zero-order valence-electron chi connectivity index (χ0n) is 20.9. The second kappa shape index (κ2) is 11.8. The molecule has 0 aliphatic heterocycles. The highest BCUT2D eigenvalue weighted by Gasteiger charge is 2.31. The number of hydrogen-bond acceptors (Lipinski definition) is 5. The Kier molecular flexibility index (Phi) is 8.31. The summed E-state index contributed by atoms with van der Waals surface area (Å²) in [5.74, 6) is -0.975. The van der Waals surface area contributed by atoms with E-state index in [1.807, 2.05) is 67.6 Å². The highest BCUT2D eigenvalue weighted by atomic mass is 16.5. The lowest BCUT2D eigenvalue weighted by molar-refractivity contribution is -0.125. The van der Waals surface area contributed by atoms with Crippen molar-refractivity contribution in [1.82, 2.24) is 15.1 Å². The van der Waals surface area contributed by atoms with Crippen LogP contribution in [0.25, 0.3) is 22.4 Å². The van der Waals surface area contributed by atoms with E-state index in [1.54, 1.807) is 6.92 Å². The average Bonchev–Trinajstić information content (AvgIpc) is 2.91. The number of esters is 1. The van der Waals surface area contributed by atoms with Gasteiger partial charge in [0.25, 0.3) is 5.56 Å². The van der Waals surface area contributed by atoms with Crippen molar-refractivity contribution in [3.05, 3.63) is 76.6 Å². The Balaban J connectivity index is 1.92. The quantitative estimate of drug-likeness (QED) is 0.444. The molecule has 1 saturated carbocycles. The predicted molar refractivity (Wildman–Crippen MR) is 140 cm³/mol. The first-order valence-corrected chi connectivity index (χ1v) is 12.8. The van der Waals surface area contributed by atoms with E-state index in [9.17, 15) is 14.4 Å². The van der Waals surface area contributed by atoms with Crippen molar-refractivity contribution in [1.29, 1.82) is 0 Å². The third-order valence-electron chi connectivity index (χ3n) is 6.64. The van der Waals surface area contributed by atoms with E-state index in [2.05, 4.69) is 5.32 Å². The lowest BCUT2D eigenvalue weighted by Crippen LogP contribution is -2.44. The number of nitrogens with one attached hydrogen (secondary N) is 1. The summed E-state index contributed by atoms with van der Waals surface area (Å²) in [5.41, 5.74) is 1.53. The van der Waals surface area contributed by atoms with E-state index in [0.717, 1.165) is 31.2 Å². The Hall–Kier alpha value is -3.74. The standard InChI is InChI=1S/C29H33N3O4/c1-3-23(27(33)30-22-18-12-7-13-19-22)32-28(34)25(29(35)36-4-2)24(20-14-8-5-9-15-20)26(31-32)21-16-10-6-11-17-21/h5-6,8-11,14-17,22-23H,3-4,7,12-13,18-19H2,1-2H3,(H,30,33). The fraction of sp³-hybridized carbons (Fsp3) is 0.379. The first-order valence-electron chi connectivity index (χ1n) is 12.8. The van der Waals surface area contributed by atoms with Crippen molar-refractivity contribution < 1.29 is 14.3 Å². The second-order valence-electron chi connectivity index (χ2n) is 9.07. The van der Waals surface area contributed by atoms with E-state index in [0.29, 0.717) is 23.2 Å². The predicted octanol–water partition coefficient (Wildman–Crippen LogP) is 5.15. The largest absolute Gasteiger partial charge is 0.462 e. The van der Waals surface area contributed by atoms with Gasteiger partial charge < -0.3 is 10.1 Å². The van der Waals surface area contributed by atoms with Crippen LogP contribution in [0.4, 0.5) is 0 Å². The molecule has 36 heavy (non-hydrogen) atoms. The summed E-state index contributed by atoms with van der Waals surface area (Å²) in [4.78, 5) is 40.5. The minimum Gasteiger partial charge on any atom is -0.462 e. The van der Waals surface area contributed by atoms with Crippen molar-refractivity contribution in [3.63, 3.8) is 0 Å². The smallest absolute Gasteiger partial charge is 0.344 e. The number of carbonyl (C=O) groups is 2. The molecule has 1 unspecified atom stereocenters.